The number of unbranched alkanes of at least 4 members (excludes halogenated alkanes) is 28. The zero-order valence-electron chi connectivity index (χ0n) is 39.7. The molecule has 0 amide bonds. The zero-order chi connectivity index (χ0) is 42.4. The molecule has 0 aliphatic rings. The molecule has 0 saturated heterocycles. The first-order valence-corrected chi connectivity index (χ1v) is 26.7. The number of ether oxygens (including phenoxy) is 2. The molecule has 2 unspecified atom stereocenters. The highest BCUT2D eigenvalue weighted by molar-refractivity contribution is 6.18. The summed E-state index contributed by atoms with van der Waals surface area (Å²) < 4.78 is 11.6. The first kappa shape index (κ1) is 57.2. The molecule has 5 nitrogen and oxygen atoms in total. The third kappa shape index (κ3) is 39.3. The summed E-state index contributed by atoms with van der Waals surface area (Å²) in [6, 6.07) is 0. The van der Waals surface area contributed by atoms with Crippen molar-refractivity contribution in [3.63, 3.8) is 0 Å². The molecular weight excluding hydrogens is 738 g/mol. The fraction of sp³-hybridized carbons (Fsp3) is 0.962. The molecule has 0 N–H and O–H groups in total. The van der Waals surface area contributed by atoms with E-state index in [2.05, 4.69) is 32.6 Å². The van der Waals surface area contributed by atoms with Crippen LogP contribution in [-0.4, -0.2) is 55.6 Å². The van der Waals surface area contributed by atoms with E-state index in [1.54, 1.807) is 0 Å². The average molecular weight is 841 g/mol. The van der Waals surface area contributed by atoms with Crippen LogP contribution in [0.5, 0.6) is 0 Å². The smallest absolute Gasteiger partial charge is 0.308 e. The normalized spacial score (nSPS) is 12.7. The number of nitrogens with zero attached hydrogens (tertiary/aromatic N) is 1. The van der Waals surface area contributed by atoms with Gasteiger partial charge in [0.05, 0.1) is 25.0 Å². The number of esters is 2. The molecule has 0 spiro atoms. The van der Waals surface area contributed by atoms with Crippen molar-refractivity contribution in [1.82, 2.24) is 4.90 Å². The number of carbonyl (C=O) groups is 2. The summed E-state index contributed by atoms with van der Waals surface area (Å²) in [6.07, 6.45) is 46.3. The molecule has 0 aliphatic carbocycles. The van der Waals surface area contributed by atoms with Crippen LogP contribution >= 0.6 is 11.6 Å². The topological polar surface area (TPSA) is 55.8 Å². The number of alkyl halides is 1. The van der Waals surface area contributed by atoms with Crippen LogP contribution in [0.15, 0.2) is 0 Å². The van der Waals surface area contributed by atoms with Crippen molar-refractivity contribution in [3.05, 3.63) is 0 Å². The number of hydrogen-bond donors (Lipinski definition) is 0. The van der Waals surface area contributed by atoms with Gasteiger partial charge in [-0.15, -0.1) is 11.6 Å². The molecule has 0 radical (unpaired) electrons. The van der Waals surface area contributed by atoms with Crippen LogP contribution in [0.1, 0.15) is 272 Å². The number of rotatable bonds is 48. The standard InChI is InChI=1S/C52H102ClNO4/c1-5-9-13-17-25-33-41-49(39-31-15-11-7-3)51(55)57-47-37-29-23-19-21-27-35-44-54(46-43-53)45-36-28-22-20-24-30-38-48-58-52(56)50(40-32-16-12-8-4)42-34-26-18-14-10-6-2/h49-50H,5-48H2,1-4H3. The van der Waals surface area contributed by atoms with Crippen LogP contribution < -0.4 is 0 Å². The molecule has 0 fully saturated rings. The van der Waals surface area contributed by atoms with E-state index >= 15 is 0 Å². The molecular formula is C52H102ClNO4. The lowest BCUT2D eigenvalue weighted by Crippen LogP contribution is -2.28. The molecule has 0 heterocycles. The molecule has 0 aromatic heterocycles. The molecule has 0 bridgehead atoms. The highest BCUT2D eigenvalue weighted by Crippen LogP contribution is 2.22. The van der Waals surface area contributed by atoms with E-state index in [4.69, 9.17) is 21.1 Å². The monoisotopic (exact) mass is 840 g/mol. The fourth-order valence-corrected chi connectivity index (χ4v) is 8.66. The van der Waals surface area contributed by atoms with Gasteiger partial charge in [-0.1, -0.05) is 220 Å². The summed E-state index contributed by atoms with van der Waals surface area (Å²) in [7, 11) is 0. The van der Waals surface area contributed by atoms with E-state index in [-0.39, 0.29) is 23.8 Å². The van der Waals surface area contributed by atoms with Gasteiger partial charge >= 0.3 is 11.9 Å². The second-order valence-electron chi connectivity index (χ2n) is 18.0. The molecule has 346 valence electrons. The van der Waals surface area contributed by atoms with Gasteiger partial charge < -0.3 is 14.4 Å². The molecule has 0 aromatic carbocycles. The van der Waals surface area contributed by atoms with Gasteiger partial charge in [0.25, 0.3) is 0 Å². The van der Waals surface area contributed by atoms with Gasteiger partial charge in [0.15, 0.2) is 0 Å². The van der Waals surface area contributed by atoms with Crippen molar-refractivity contribution in [2.45, 2.75) is 272 Å². The SMILES string of the molecule is CCCCCCCCC(CCCCCC)C(=O)OCCCCCCCCCN(CCCl)CCCCCCCCCOC(=O)C(CCCCCC)CCCCCCCC. The largest absolute Gasteiger partial charge is 0.465 e. The van der Waals surface area contributed by atoms with Crippen LogP contribution in [0.3, 0.4) is 0 Å². The summed E-state index contributed by atoms with van der Waals surface area (Å²) in [4.78, 5) is 28.4. The van der Waals surface area contributed by atoms with E-state index in [0.717, 1.165) is 83.8 Å². The van der Waals surface area contributed by atoms with Crippen LogP contribution in [0.25, 0.3) is 0 Å². The van der Waals surface area contributed by atoms with E-state index in [9.17, 15) is 9.59 Å². The summed E-state index contributed by atoms with van der Waals surface area (Å²) in [5.41, 5.74) is 0. The maximum Gasteiger partial charge on any atom is 0.308 e. The van der Waals surface area contributed by atoms with Crippen LogP contribution in [0, 0.1) is 11.8 Å². The molecule has 2 atom stereocenters. The van der Waals surface area contributed by atoms with E-state index in [1.807, 2.05) is 0 Å². The Balaban J connectivity index is 3.98. The molecule has 0 aromatic rings. The second kappa shape index (κ2) is 47.2. The van der Waals surface area contributed by atoms with Gasteiger partial charge in [0.1, 0.15) is 0 Å². The van der Waals surface area contributed by atoms with Gasteiger partial charge in [-0.2, -0.15) is 0 Å². The third-order valence-corrected chi connectivity index (χ3v) is 12.6. The number of hydrogen-bond acceptors (Lipinski definition) is 5. The van der Waals surface area contributed by atoms with E-state index in [1.165, 1.54) is 180 Å². The van der Waals surface area contributed by atoms with Gasteiger partial charge in [-0.05, 0) is 64.5 Å². The van der Waals surface area contributed by atoms with Gasteiger partial charge in [-0.3, -0.25) is 9.59 Å². The van der Waals surface area contributed by atoms with Gasteiger partial charge in [0, 0.05) is 12.4 Å². The number of halogens is 1. The Kier molecular flexibility index (Phi) is 46.6. The number of carbonyl (C=O) groups excluding carboxylic acids is 2. The highest BCUT2D eigenvalue weighted by atomic mass is 35.5. The fourth-order valence-electron chi connectivity index (χ4n) is 8.42. The third-order valence-electron chi connectivity index (χ3n) is 12.4. The maximum atomic E-state index is 12.9. The Morgan fingerprint density at radius 3 is 0.931 bits per heavy atom. The summed E-state index contributed by atoms with van der Waals surface area (Å²) >= 11 is 6.17. The Morgan fingerprint density at radius 1 is 0.362 bits per heavy atom. The molecule has 0 saturated carbocycles. The van der Waals surface area contributed by atoms with Gasteiger partial charge in [0.2, 0.25) is 0 Å². The van der Waals surface area contributed by atoms with E-state index < -0.39 is 0 Å². The molecule has 6 heteroatoms. The van der Waals surface area contributed by atoms with Crippen molar-refractivity contribution in [1.29, 1.82) is 0 Å². The average Bonchev–Trinajstić information content (AvgIpc) is 3.22. The predicted octanol–water partition coefficient (Wildman–Crippen LogP) is 16.7. The van der Waals surface area contributed by atoms with Crippen LogP contribution in [0.4, 0.5) is 0 Å². The first-order chi connectivity index (χ1) is 28.5. The lowest BCUT2D eigenvalue weighted by atomic mass is 9.94. The van der Waals surface area contributed by atoms with Crippen molar-refractivity contribution in [3.8, 4) is 0 Å². The Hall–Kier alpha value is -0.810. The summed E-state index contributed by atoms with van der Waals surface area (Å²) in [5, 5.41) is 0. The maximum absolute atomic E-state index is 12.9. The molecule has 58 heavy (non-hydrogen) atoms. The van der Waals surface area contributed by atoms with Crippen molar-refractivity contribution >= 4 is 23.5 Å². The van der Waals surface area contributed by atoms with Crippen LogP contribution in [0.2, 0.25) is 0 Å². The Bertz CT molecular complexity index is 776. The Morgan fingerprint density at radius 2 is 0.621 bits per heavy atom. The molecule has 0 aliphatic heterocycles. The first-order valence-electron chi connectivity index (χ1n) is 26.1. The van der Waals surface area contributed by atoms with E-state index in [0.29, 0.717) is 19.1 Å². The summed E-state index contributed by atoms with van der Waals surface area (Å²) in [5.74, 6) is 1.10. The minimum Gasteiger partial charge on any atom is -0.465 e. The quantitative estimate of drug-likeness (QED) is 0.0347. The predicted molar refractivity (Wildman–Crippen MR) is 254 cm³/mol. The lowest BCUT2D eigenvalue weighted by Gasteiger charge is -2.21. The zero-order valence-corrected chi connectivity index (χ0v) is 40.5. The lowest BCUT2D eigenvalue weighted by molar-refractivity contribution is -0.150. The van der Waals surface area contributed by atoms with Gasteiger partial charge in [-0.25, -0.2) is 0 Å². The minimum absolute atomic E-state index is 0.0768. The van der Waals surface area contributed by atoms with Crippen molar-refractivity contribution < 1.29 is 19.1 Å². The van der Waals surface area contributed by atoms with Crippen LogP contribution in [-0.2, 0) is 19.1 Å². The highest BCUT2D eigenvalue weighted by Gasteiger charge is 2.20. The Labute approximate surface area is 368 Å². The van der Waals surface area contributed by atoms with Crippen molar-refractivity contribution in [2.24, 2.45) is 11.8 Å². The second-order valence-corrected chi connectivity index (χ2v) is 18.4. The minimum atomic E-state index is 0.0768. The van der Waals surface area contributed by atoms with Crippen molar-refractivity contribution in [2.75, 3.05) is 38.7 Å². The summed E-state index contributed by atoms with van der Waals surface area (Å²) in [6.45, 7) is 13.6. The molecule has 0 rings (SSSR count).